The minimum Gasteiger partial charge on any atom is -0.497 e. The molecule has 0 radical (unpaired) electrons. The van der Waals surface area contributed by atoms with E-state index in [9.17, 15) is 24.0 Å². The van der Waals surface area contributed by atoms with Gasteiger partial charge in [-0.05, 0) is 78.8 Å². The zero-order valence-electron chi connectivity index (χ0n) is 25.4. The second-order valence-electron chi connectivity index (χ2n) is 11.8. The van der Waals surface area contributed by atoms with Gasteiger partial charge < -0.3 is 14.8 Å². The van der Waals surface area contributed by atoms with E-state index in [2.05, 4.69) is 5.32 Å². The van der Waals surface area contributed by atoms with Gasteiger partial charge in [0.1, 0.15) is 17.3 Å². The van der Waals surface area contributed by atoms with Crippen LogP contribution in [0.1, 0.15) is 59.7 Å². The molecule has 0 aromatic heterocycles. The van der Waals surface area contributed by atoms with Gasteiger partial charge >= 0.3 is 0 Å². The fraction of sp³-hybridized carbons (Fsp3) is 0.343. The molecule has 1 aliphatic carbocycles. The molecule has 0 heterocycles. The fourth-order valence-corrected chi connectivity index (χ4v) is 5.89. The Morgan fingerprint density at radius 3 is 1.93 bits per heavy atom. The van der Waals surface area contributed by atoms with Crippen molar-refractivity contribution in [3.05, 3.63) is 89.0 Å². The van der Waals surface area contributed by atoms with Crippen LogP contribution in [0.5, 0.6) is 11.5 Å². The Hall–Kier alpha value is -4.59. The molecule has 0 aliphatic heterocycles. The fourth-order valence-electron chi connectivity index (χ4n) is 5.89. The summed E-state index contributed by atoms with van der Waals surface area (Å²) in [6, 6.07) is 19.0. The summed E-state index contributed by atoms with van der Waals surface area (Å²) in [5.41, 5.74) is 1.99. The SMILES string of the molecule is COc1ccc(C(=O)[C@@H](C[C@@H]2C(=O)CC(C)(C)[C@@H](C(=O)C(=O)Nc3c(C)cccc3C)C2=O)c2ccc(OC)cc2)cc1. The van der Waals surface area contributed by atoms with Crippen molar-refractivity contribution in [3.63, 3.8) is 0 Å². The predicted molar refractivity (Wildman–Crippen MR) is 163 cm³/mol. The predicted octanol–water partition coefficient (Wildman–Crippen LogP) is 5.69. The molecule has 1 fully saturated rings. The summed E-state index contributed by atoms with van der Waals surface area (Å²) < 4.78 is 10.5. The summed E-state index contributed by atoms with van der Waals surface area (Å²) in [6.07, 6.45) is -0.213. The molecule has 0 spiro atoms. The molecule has 8 heteroatoms. The standard InChI is InChI=1S/C35H37NO7/c1-20-8-7-9-21(2)30(20)36-34(41)33(40)29-32(39)27(28(37)19-35(29,3)4)18-26(22-10-14-24(42-5)15-11-22)31(38)23-12-16-25(43-6)17-13-23/h7-17,26-27,29H,18-19H2,1-6H3,(H,36,41)/t26-,27+,29+/m0/s1. The molecule has 4 rings (SSSR count). The molecule has 43 heavy (non-hydrogen) atoms. The molecule has 1 aliphatic rings. The van der Waals surface area contributed by atoms with Gasteiger partial charge in [0, 0.05) is 23.6 Å². The maximum atomic E-state index is 14.0. The Labute approximate surface area is 251 Å². The summed E-state index contributed by atoms with van der Waals surface area (Å²) >= 11 is 0. The normalized spacial score (nSPS) is 18.5. The van der Waals surface area contributed by atoms with E-state index >= 15 is 0 Å². The van der Waals surface area contributed by atoms with E-state index in [-0.39, 0.29) is 24.4 Å². The third-order valence-electron chi connectivity index (χ3n) is 8.31. The number of methoxy groups -OCH3 is 2. The second-order valence-corrected chi connectivity index (χ2v) is 11.8. The van der Waals surface area contributed by atoms with Crippen LogP contribution in [0.2, 0.25) is 0 Å². The molecule has 3 atom stereocenters. The number of hydrogen-bond donors (Lipinski definition) is 1. The van der Waals surface area contributed by atoms with Crippen molar-refractivity contribution in [2.24, 2.45) is 17.3 Å². The zero-order chi connectivity index (χ0) is 31.5. The van der Waals surface area contributed by atoms with E-state index in [0.717, 1.165) is 11.1 Å². The molecule has 8 nitrogen and oxygen atoms in total. The molecule has 1 saturated carbocycles. The van der Waals surface area contributed by atoms with Crippen molar-refractivity contribution < 1.29 is 33.4 Å². The molecule has 3 aromatic carbocycles. The molecular weight excluding hydrogens is 546 g/mol. The lowest BCUT2D eigenvalue weighted by Crippen LogP contribution is -2.52. The Kier molecular flexibility index (Phi) is 9.28. The van der Waals surface area contributed by atoms with E-state index in [1.807, 2.05) is 32.0 Å². The van der Waals surface area contributed by atoms with Crippen molar-refractivity contribution in [2.45, 2.75) is 46.5 Å². The van der Waals surface area contributed by atoms with E-state index in [4.69, 9.17) is 9.47 Å². The number of carbonyl (C=O) groups excluding carboxylic acids is 5. The number of rotatable bonds is 10. The highest BCUT2D eigenvalue weighted by molar-refractivity contribution is 6.45. The number of anilines is 1. The Balaban J connectivity index is 1.66. The lowest BCUT2D eigenvalue weighted by Gasteiger charge is -2.39. The number of Topliss-reactive ketones (excluding diaryl/α,β-unsaturated/α-hetero) is 4. The average Bonchev–Trinajstić information content (AvgIpc) is 2.98. The number of aryl methyl sites for hydroxylation is 2. The van der Waals surface area contributed by atoms with Gasteiger partial charge in [0.15, 0.2) is 11.6 Å². The van der Waals surface area contributed by atoms with E-state index in [1.54, 1.807) is 62.4 Å². The molecule has 0 bridgehead atoms. The number of hydrogen-bond acceptors (Lipinski definition) is 7. The van der Waals surface area contributed by atoms with Gasteiger partial charge in [-0.15, -0.1) is 0 Å². The van der Waals surface area contributed by atoms with Crippen molar-refractivity contribution in [3.8, 4) is 11.5 Å². The van der Waals surface area contributed by atoms with Crippen LogP contribution in [-0.2, 0) is 19.2 Å². The first-order valence-electron chi connectivity index (χ1n) is 14.2. The number of nitrogens with one attached hydrogen (secondary N) is 1. The van der Waals surface area contributed by atoms with Crippen molar-refractivity contribution in [1.82, 2.24) is 0 Å². The summed E-state index contributed by atoms with van der Waals surface area (Å²) in [5, 5.41) is 2.68. The van der Waals surface area contributed by atoms with Crippen LogP contribution in [0.3, 0.4) is 0 Å². The molecule has 224 valence electrons. The minimum atomic E-state index is -1.34. The topological polar surface area (TPSA) is 116 Å². The van der Waals surface area contributed by atoms with Gasteiger partial charge in [0.25, 0.3) is 5.91 Å². The smallest absolute Gasteiger partial charge is 0.292 e. The quantitative estimate of drug-likeness (QED) is 0.185. The highest BCUT2D eigenvalue weighted by Crippen LogP contribution is 2.43. The van der Waals surface area contributed by atoms with Crippen molar-refractivity contribution in [2.75, 3.05) is 19.5 Å². The monoisotopic (exact) mass is 583 g/mol. The minimum absolute atomic E-state index is 0.0808. The van der Waals surface area contributed by atoms with E-state index < -0.39 is 40.6 Å². The van der Waals surface area contributed by atoms with Crippen molar-refractivity contribution in [1.29, 1.82) is 0 Å². The van der Waals surface area contributed by atoms with Crippen molar-refractivity contribution >= 4 is 34.7 Å². The van der Waals surface area contributed by atoms with Crippen LogP contribution in [0.25, 0.3) is 0 Å². The third-order valence-corrected chi connectivity index (χ3v) is 8.31. The van der Waals surface area contributed by atoms with Crippen LogP contribution in [0, 0.1) is 31.1 Å². The van der Waals surface area contributed by atoms with Gasteiger partial charge in [0.05, 0.1) is 26.1 Å². The third kappa shape index (κ3) is 6.58. The number of para-hydroxylation sites is 1. The Morgan fingerprint density at radius 2 is 1.40 bits per heavy atom. The maximum absolute atomic E-state index is 14.0. The zero-order valence-corrected chi connectivity index (χ0v) is 25.4. The van der Waals surface area contributed by atoms with Crippen LogP contribution < -0.4 is 14.8 Å². The van der Waals surface area contributed by atoms with Crippen LogP contribution in [0.15, 0.2) is 66.7 Å². The number of amides is 1. The molecule has 1 amide bonds. The maximum Gasteiger partial charge on any atom is 0.292 e. The Bertz CT molecular complexity index is 1530. The summed E-state index contributed by atoms with van der Waals surface area (Å²) in [6.45, 7) is 6.93. The van der Waals surface area contributed by atoms with Gasteiger partial charge in [-0.25, -0.2) is 0 Å². The molecule has 1 N–H and O–H groups in total. The lowest BCUT2D eigenvalue weighted by atomic mass is 9.60. The van der Waals surface area contributed by atoms with Crippen LogP contribution >= 0.6 is 0 Å². The highest BCUT2D eigenvalue weighted by atomic mass is 16.5. The van der Waals surface area contributed by atoms with Gasteiger partial charge in [0.2, 0.25) is 5.78 Å². The summed E-state index contributed by atoms with van der Waals surface area (Å²) in [4.78, 5) is 68.2. The Morgan fingerprint density at radius 1 is 0.860 bits per heavy atom. The van der Waals surface area contributed by atoms with Gasteiger partial charge in [-0.3, -0.25) is 24.0 Å². The van der Waals surface area contributed by atoms with Crippen LogP contribution in [-0.4, -0.2) is 43.3 Å². The number of carbonyl (C=O) groups is 5. The van der Waals surface area contributed by atoms with Crippen LogP contribution in [0.4, 0.5) is 5.69 Å². The highest BCUT2D eigenvalue weighted by Gasteiger charge is 2.53. The first-order valence-corrected chi connectivity index (χ1v) is 14.2. The van der Waals surface area contributed by atoms with E-state index in [1.165, 1.54) is 14.2 Å². The second kappa shape index (κ2) is 12.7. The number of ether oxygens (including phenoxy) is 2. The van der Waals surface area contributed by atoms with Gasteiger partial charge in [-0.1, -0.05) is 44.2 Å². The van der Waals surface area contributed by atoms with Gasteiger partial charge in [-0.2, -0.15) is 0 Å². The average molecular weight is 584 g/mol. The molecule has 0 unspecified atom stereocenters. The molecule has 0 saturated heterocycles. The summed E-state index contributed by atoms with van der Waals surface area (Å²) in [5.74, 6) is -5.33. The number of ketones is 4. The first kappa shape index (κ1) is 31.3. The first-order chi connectivity index (χ1) is 20.4. The molecule has 3 aromatic rings. The largest absolute Gasteiger partial charge is 0.497 e. The molecular formula is C35H37NO7. The lowest BCUT2D eigenvalue weighted by molar-refractivity contribution is -0.153. The number of benzene rings is 3. The van der Waals surface area contributed by atoms with E-state index in [0.29, 0.717) is 28.3 Å². The summed E-state index contributed by atoms with van der Waals surface area (Å²) in [7, 11) is 3.06.